The first-order valence-corrected chi connectivity index (χ1v) is 5.49. The number of rotatable bonds is 3. The lowest BCUT2D eigenvalue weighted by molar-refractivity contribution is 0.157. The van der Waals surface area contributed by atoms with Crippen molar-refractivity contribution in [2.45, 2.75) is 6.54 Å². The summed E-state index contributed by atoms with van der Waals surface area (Å²) in [6.45, 7) is 0.978. The van der Waals surface area contributed by atoms with Crippen molar-refractivity contribution in [2.24, 2.45) is 5.73 Å². The van der Waals surface area contributed by atoms with Crippen LogP contribution in [0.15, 0.2) is 18.2 Å². The van der Waals surface area contributed by atoms with Crippen LogP contribution < -0.4 is 5.73 Å². The fraction of sp³-hybridized carbons (Fsp3) is 0.273. The van der Waals surface area contributed by atoms with Crippen LogP contribution in [0, 0.1) is 5.82 Å². The van der Waals surface area contributed by atoms with Gasteiger partial charge in [-0.3, -0.25) is 0 Å². The van der Waals surface area contributed by atoms with Crippen molar-refractivity contribution in [3.05, 3.63) is 35.1 Å². The minimum Gasteiger partial charge on any atom is -0.448 e. The predicted molar refractivity (Wildman–Crippen MR) is 64.0 cm³/mol. The molecule has 1 amide bonds. The average molecular weight is 254 g/mol. The van der Waals surface area contributed by atoms with Gasteiger partial charge in [-0.25, -0.2) is 9.18 Å². The molecule has 90 valence electrons. The number of halogens is 1. The number of benzene rings is 1. The molecule has 0 aromatic heterocycles. The highest BCUT2D eigenvalue weighted by Gasteiger charge is 2.23. The topological polar surface area (TPSA) is 55.6 Å². The summed E-state index contributed by atoms with van der Waals surface area (Å²) in [4.78, 5) is 12.7. The van der Waals surface area contributed by atoms with Gasteiger partial charge in [-0.2, -0.15) is 0 Å². The first-order valence-electron chi connectivity index (χ1n) is 5.08. The van der Waals surface area contributed by atoms with E-state index in [0.717, 1.165) is 0 Å². The van der Waals surface area contributed by atoms with E-state index in [0.29, 0.717) is 18.7 Å². The van der Waals surface area contributed by atoms with Gasteiger partial charge in [-0.1, -0.05) is 24.4 Å². The van der Waals surface area contributed by atoms with Crippen molar-refractivity contribution in [3.63, 3.8) is 0 Å². The van der Waals surface area contributed by atoms with Gasteiger partial charge in [-0.05, 0) is 6.07 Å². The number of cyclic esters (lactones) is 1. The van der Waals surface area contributed by atoms with E-state index in [1.165, 1.54) is 11.0 Å². The second-order valence-corrected chi connectivity index (χ2v) is 4.12. The average Bonchev–Trinajstić information content (AvgIpc) is 2.67. The van der Waals surface area contributed by atoms with Crippen LogP contribution in [0.3, 0.4) is 0 Å². The Kier molecular flexibility index (Phi) is 3.23. The number of nitrogens with two attached hydrogens (primary N) is 1. The molecule has 0 atom stereocenters. The van der Waals surface area contributed by atoms with Gasteiger partial charge in [0.1, 0.15) is 17.4 Å². The fourth-order valence-electron chi connectivity index (χ4n) is 1.67. The maximum atomic E-state index is 14.0. The number of ether oxygens (including phenoxy) is 1. The molecule has 1 aromatic carbocycles. The summed E-state index contributed by atoms with van der Waals surface area (Å²) >= 11 is 4.75. The van der Waals surface area contributed by atoms with Crippen LogP contribution in [0.5, 0.6) is 0 Å². The molecule has 1 fully saturated rings. The molecule has 0 bridgehead atoms. The zero-order valence-electron chi connectivity index (χ0n) is 8.98. The SMILES string of the molecule is NC(=S)c1cccc(CN2CCOC2=O)c1F. The minimum atomic E-state index is -0.472. The lowest BCUT2D eigenvalue weighted by Gasteiger charge is -2.14. The van der Waals surface area contributed by atoms with Gasteiger partial charge in [0.15, 0.2) is 0 Å². The van der Waals surface area contributed by atoms with Crippen molar-refractivity contribution in [1.82, 2.24) is 4.90 Å². The molecule has 0 radical (unpaired) electrons. The Morgan fingerprint density at radius 2 is 2.35 bits per heavy atom. The number of carbonyl (C=O) groups is 1. The molecular formula is C11H11FN2O2S. The van der Waals surface area contributed by atoms with Crippen LogP contribution in [0.2, 0.25) is 0 Å². The van der Waals surface area contributed by atoms with Crippen molar-refractivity contribution in [1.29, 1.82) is 0 Å². The van der Waals surface area contributed by atoms with Crippen LogP contribution in [0.4, 0.5) is 9.18 Å². The third kappa shape index (κ3) is 2.36. The number of nitrogens with zero attached hydrogens (tertiary/aromatic N) is 1. The van der Waals surface area contributed by atoms with E-state index in [4.69, 9.17) is 22.7 Å². The van der Waals surface area contributed by atoms with Crippen LogP contribution >= 0.6 is 12.2 Å². The van der Waals surface area contributed by atoms with Crippen molar-refractivity contribution < 1.29 is 13.9 Å². The molecule has 1 aromatic rings. The summed E-state index contributed by atoms with van der Waals surface area (Å²) in [5.74, 6) is -0.472. The predicted octanol–water partition coefficient (Wildman–Crippen LogP) is 1.41. The smallest absolute Gasteiger partial charge is 0.410 e. The largest absolute Gasteiger partial charge is 0.448 e. The Labute approximate surface area is 103 Å². The van der Waals surface area contributed by atoms with Crippen molar-refractivity contribution in [2.75, 3.05) is 13.2 Å². The number of thiocarbonyl (C=S) groups is 1. The fourth-order valence-corrected chi connectivity index (χ4v) is 1.82. The van der Waals surface area contributed by atoms with Gasteiger partial charge in [0.05, 0.1) is 13.1 Å². The molecule has 4 nitrogen and oxygen atoms in total. The third-order valence-electron chi connectivity index (χ3n) is 2.55. The highest BCUT2D eigenvalue weighted by Crippen LogP contribution is 2.17. The van der Waals surface area contributed by atoms with Gasteiger partial charge in [0, 0.05) is 11.1 Å². The van der Waals surface area contributed by atoms with Gasteiger partial charge in [0.2, 0.25) is 0 Å². The van der Waals surface area contributed by atoms with Crippen molar-refractivity contribution >= 4 is 23.3 Å². The zero-order chi connectivity index (χ0) is 12.4. The van der Waals surface area contributed by atoms with Crippen molar-refractivity contribution in [3.8, 4) is 0 Å². The molecule has 1 saturated heterocycles. The minimum absolute atomic E-state index is 0.00773. The first kappa shape index (κ1) is 11.8. The van der Waals surface area contributed by atoms with Gasteiger partial charge in [-0.15, -0.1) is 0 Å². The quantitative estimate of drug-likeness (QED) is 0.829. The number of hydrogen-bond donors (Lipinski definition) is 1. The van der Waals surface area contributed by atoms with Gasteiger partial charge >= 0.3 is 6.09 Å². The second kappa shape index (κ2) is 4.67. The molecule has 1 heterocycles. The Morgan fingerprint density at radius 1 is 1.59 bits per heavy atom. The molecular weight excluding hydrogens is 243 g/mol. The molecule has 17 heavy (non-hydrogen) atoms. The zero-order valence-corrected chi connectivity index (χ0v) is 9.80. The number of carbonyl (C=O) groups excluding carboxylic acids is 1. The van der Waals surface area contributed by atoms with Crippen LogP contribution in [-0.4, -0.2) is 29.1 Å². The highest BCUT2D eigenvalue weighted by atomic mass is 32.1. The summed E-state index contributed by atoms with van der Waals surface area (Å²) in [7, 11) is 0. The summed E-state index contributed by atoms with van der Waals surface area (Å²) < 4.78 is 18.7. The molecule has 0 unspecified atom stereocenters. The van der Waals surface area contributed by atoms with Crippen LogP contribution in [-0.2, 0) is 11.3 Å². The van der Waals surface area contributed by atoms with E-state index in [9.17, 15) is 9.18 Å². The first-order chi connectivity index (χ1) is 8.09. The summed E-state index contributed by atoms with van der Waals surface area (Å²) in [6.07, 6.45) is -0.426. The lowest BCUT2D eigenvalue weighted by Crippen LogP contribution is -2.24. The Morgan fingerprint density at radius 3 is 2.94 bits per heavy atom. The number of amides is 1. The van der Waals surface area contributed by atoms with E-state index in [1.807, 2.05) is 0 Å². The van der Waals surface area contributed by atoms with Crippen LogP contribution in [0.1, 0.15) is 11.1 Å². The standard InChI is InChI=1S/C11H11FN2O2S/c12-9-7(2-1-3-8(9)10(13)17)6-14-4-5-16-11(14)15/h1-3H,4-6H2,(H2,13,17). The maximum absolute atomic E-state index is 14.0. The molecule has 0 spiro atoms. The molecule has 0 aliphatic carbocycles. The third-order valence-corrected chi connectivity index (χ3v) is 2.77. The highest BCUT2D eigenvalue weighted by molar-refractivity contribution is 7.80. The molecule has 6 heteroatoms. The molecule has 0 saturated carbocycles. The lowest BCUT2D eigenvalue weighted by atomic mass is 10.1. The molecule has 2 N–H and O–H groups in total. The number of hydrogen-bond acceptors (Lipinski definition) is 3. The van der Waals surface area contributed by atoms with E-state index in [1.54, 1.807) is 12.1 Å². The maximum Gasteiger partial charge on any atom is 0.410 e. The summed E-state index contributed by atoms with van der Waals surface area (Å²) in [6, 6.07) is 4.78. The summed E-state index contributed by atoms with van der Waals surface area (Å²) in [5.41, 5.74) is 5.99. The van der Waals surface area contributed by atoms with Crippen LogP contribution in [0.25, 0.3) is 0 Å². The summed E-state index contributed by atoms with van der Waals surface area (Å²) in [5, 5.41) is 0. The Bertz CT molecular complexity index is 479. The monoisotopic (exact) mass is 254 g/mol. The van der Waals surface area contributed by atoms with E-state index >= 15 is 0 Å². The van der Waals surface area contributed by atoms with E-state index < -0.39 is 11.9 Å². The second-order valence-electron chi connectivity index (χ2n) is 3.68. The van der Waals surface area contributed by atoms with Gasteiger partial charge in [0.25, 0.3) is 0 Å². The Balaban J connectivity index is 2.24. The van der Waals surface area contributed by atoms with Gasteiger partial charge < -0.3 is 15.4 Å². The van der Waals surface area contributed by atoms with E-state index in [-0.39, 0.29) is 17.1 Å². The molecule has 1 aliphatic heterocycles. The molecule has 2 rings (SSSR count). The Hall–Kier alpha value is -1.69. The normalized spacial score (nSPS) is 14.9. The molecule has 1 aliphatic rings. The van der Waals surface area contributed by atoms with E-state index in [2.05, 4.69) is 0 Å².